The lowest BCUT2D eigenvalue weighted by Crippen LogP contribution is -2.40. The number of amides is 2. The van der Waals surface area contributed by atoms with Gasteiger partial charge in [0.05, 0.1) is 5.69 Å². The first kappa shape index (κ1) is 16.2. The fourth-order valence-corrected chi connectivity index (χ4v) is 2.78. The maximum atomic E-state index is 12.4. The van der Waals surface area contributed by atoms with Crippen LogP contribution in [0.2, 0.25) is 0 Å². The van der Waals surface area contributed by atoms with Crippen molar-refractivity contribution < 1.29 is 9.59 Å². The average Bonchev–Trinajstić information content (AvgIpc) is 2.58. The number of aromatic nitrogens is 1. The van der Waals surface area contributed by atoms with Gasteiger partial charge < -0.3 is 10.2 Å². The molecule has 3 rings (SSSR count). The molecule has 24 heavy (non-hydrogen) atoms. The molecule has 2 amide bonds. The van der Waals surface area contributed by atoms with Crippen molar-refractivity contribution in [2.75, 3.05) is 18.9 Å². The Hall–Kier alpha value is -2.69. The number of carbonyl (C=O) groups excluding carboxylic acids is 2. The maximum absolute atomic E-state index is 12.4. The first-order valence-electron chi connectivity index (χ1n) is 8.12. The van der Waals surface area contributed by atoms with Gasteiger partial charge in [0.25, 0.3) is 0 Å². The Morgan fingerprint density at radius 3 is 2.67 bits per heavy atom. The van der Waals surface area contributed by atoms with E-state index in [1.165, 1.54) is 5.56 Å². The summed E-state index contributed by atoms with van der Waals surface area (Å²) >= 11 is 0. The van der Waals surface area contributed by atoms with E-state index in [9.17, 15) is 9.59 Å². The van der Waals surface area contributed by atoms with Crippen LogP contribution in [0.1, 0.15) is 18.4 Å². The third kappa shape index (κ3) is 3.62. The first-order valence-corrected chi connectivity index (χ1v) is 8.12. The summed E-state index contributed by atoms with van der Waals surface area (Å²) in [4.78, 5) is 30.3. The van der Waals surface area contributed by atoms with Gasteiger partial charge in [0, 0.05) is 31.5 Å². The maximum Gasteiger partial charge on any atom is 0.229 e. The number of rotatable bonds is 3. The molecule has 2 heterocycles. The Labute approximate surface area is 141 Å². The van der Waals surface area contributed by atoms with E-state index < -0.39 is 0 Å². The normalized spacial score (nSPS) is 17.7. The molecule has 1 fully saturated rings. The zero-order chi connectivity index (χ0) is 17.1. The lowest BCUT2D eigenvalue weighted by Gasteiger charge is -2.27. The van der Waals surface area contributed by atoms with Gasteiger partial charge in [0.2, 0.25) is 11.8 Å². The predicted molar refractivity (Wildman–Crippen MR) is 93.4 cm³/mol. The molecule has 0 aliphatic carbocycles. The van der Waals surface area contributed by atoms with Crippen molar-refractivity contribution in [1.29, 1.82) is 0 Å². The summed E-state index contributed by atoms with van der Waals surface area (Å²) in [6, 6.07) is 13.7. The quantitative estimate of drug-likeness (QED) is 0.945. The van der Waals surface area contributed by atoms with Crippen LogP contribution in [0.15, 0.2) is 42.5 Å². The fraction of sp³-hybridized carbons (Fsp3) is 0.316. The molecule has 1 N–H and O–H groups in total. The highest BCUT2D eigenvalue weighted by atomic mass is 16.2. The van der Waals surface area contributed by atoms with Crippen LogP contribution in [-0.2, 0) is 9.59 Å². The number of piperidine rings is 1. The van der Waals surface area contributed by atoms with E-state index >= 15 is 0 Å². The molecular formula is C19H21N3O2. The van der Waals surface area contributed by atoms with Crippen LogP contribution in [-0.4, -0.2) is 35.3 Å². The lowest BCUT2D eigenvalue weighted by atomic mass is 9.95. The summed E-state index contributed by atoms with van der Waals surface area (Å²) in [6.07, 6.45) is 0.950. The van der Waals surface area contributed by atoms with E-state index in [0.29, 0.717) is 18.8 Å². The first-order chi connectivity index (χ1) is 11.5. The minimum Gasteiger partial charge on any atom is -0.346 e. The van der Waals surface area contributed by atoms with Crippen LogP contribution in [0.5, 0.6) is 0 Å². The van der Waals surface area contributed by atoms with Crippen molar-refractivity contribution >= 4 is 17.6 Å². The molecule has 1 aromatic heterocycles. The predicted octanol–water partition coefficient (Wildman–Crippen LogP) is 2.86. The highest BCUT2D eigenvalue weighted by Gasteiger charge is 2.28. The van der Waals surface area contributed by atoms with Gasteiger partial charge in [-0.3, -0.25) is 9.59 Å². The molecule has 1 aliphatic rings. The van der Waals surface area contributed by atoms with Crippen molar-refractivity contribution in [3.63, 3.8) is 0 Å². The minimum absolute atomic E-state index is 0.0164. The second kappa shape index (κ2) is 6.83. The smallest absolute Gasteiger partial charge is 0.229 e. The Bertz CT molecular complexity index is 755. The van der Waals surface area contributed by atoms with Gasteiger partial charge in [0.15, 0.2) is 0 Å². The van der Waals surface area contributed by atoms with E-state index in [4.69, 9.17) is 0 Å². The average molecular weight is 323 g/mol. The summed E-state index contributed by atoms with van der Waals surface area (Å²) in [7, 11) is 1.77. The van der Waals surface area contributed by atoms with Gasteiger partial charge in [-0.25, -0.2) is 4.98 Å². The Balaban J connectivity index is 1.71. The van der Waals surface area contributed by atoms with E-state index in [0.717, 1.165) is 11.3 Å². The van der Waals surface area contributed by atoms with Crippen molar-refractivity contribution in [3.8, 4) is 11.3 Å². The Morgan fingerprint density at radius 2 is 1.96 bits per heavy atom. The number of hydrogen-bond acceptors (Lipinski definition) is 3. The van der Waals surface area contributed by atoms with Crippen molar-refractivity contribution in [2.45, 2.75) is 19.8 Å². The molecule has 2 aromatic rings. The van der Waals surface area contributed by atoms with E-state index in [2.05, 4.69) is 10.3 Å². The Kier molecular flexibility index (Phi) is 4.60. The summed E-state index contributed by atoms with van der Waals surface area (Å²) in [5.74, 6) is 0.121. The summed E-state index contributed by atoms with van der Waals surface area (Å²) in [6.45, 7) is 2.66. The highest BCUT2D eigenvalue weighted by Crippen LogP contribution is 2.22. The van der Waals surface area contributed by atoms with Crippen LogP contribution in [0, 0.1) is 12.8 Å². The molecule has 124 valence electrons. The number of benzene rings is 1. The van der Waals surface area contributed by atoms with Gasteiger partial charge in [-0.1, -0.05) is 35.9 Å². The van der Waals surface area contributed by atoms with E-state index in [1.54, 1.807) is 18.0 Å². The molecule has 1 aromatic carbocycles. The zero-order valence-electron chi connectivity index (χ0n) is 14.0. The zero-order valence-corrected chi connectivity index (χ0v) is 14.0. The molecule has 0 bridgehead atoms. The van der Waals surface area contributed by atoms with Crippen molar-refractivity contribution in [3.05, 3.63) is 48.0 Å². The highest BCUT2D eigenvalue weighted by molar-refractivity contribution is 5.95. The molecule has 0 spiro atoms. The van der Waals surface area contributed by atoms with Gasteiger partial charge in [-0.15, -0.1) is 0 Å². The minimum atomic E-state index is -0.279. The number of carbonyl (C=O) groups is 2. The SMILES string of the molecule is Cc1ccc(-c2cccc(NC(=O)C3CCN(C)C(=O)C3)n2)cc1. The topological polar surface area (TPSA) is 62.3 Å². The molecule has 1 atom stereocenters. The van der Waals surface area contributed by atoms with Gasteiger partial charge in [-0.2, -0.15) is 0 Å². The van der Waals surface area contributed by atoms with Crippen LogP contribution >= 0.6 is 0 Å². The molecule has 0 radical (unpaired) electrons. The standard InChI is InChI=1S/C19H21N3O2/c1-13-6-8-14(9-7-13)16-4-3-5-17(20-16)21-19(24)15-10-11-22(2)18(23)12-15/h3-9,15H,10-12H2,1-2H3,(H,20,21,24). The van der Waals surface area contributed by atoms with Gasteiger partial charge in [0.1, 0.15) is 5.82 Å². The molecular weight excluding hydrogens is 302 g/mol. The number of nitrogens with one attached hydrogen (secondary N) is 1. The molecule has 1 unspecified atom stereocenters. The lowest BCUT2D eigenvalue weighted by molar-refractivity contribution is -0.137. The van der Waals surface area contributed by atoms with Crippen molar-refractivity contribution in [2.24, 2.45) is 5.92 Å². The van der Waals surface area contributed by atoms with Gasteiger partial charge >= 0.3 is 0 Å². The third-order valence-electron chi connectivity index (χ3n) is 4.38. The fourth-order valence-electron chi connectivity index (χ4n) is 2.78. The second-order valence-corrected chi connectivity index (χ2v) is 6.27. The summed E-state index contributed by atoms with van der Waals surface area (Å²) in [5.41, 5.74) is 3.01. The number of pyridine rings is 1. The van der Waals surface area contributed by atoms with E-state index in [-0.39, 0.29) is 24.2 Å². The number of likely N-dealkylation sites (tertiary alicyclic amines) is 1. The van der Waals surface area contributed by atoms with Crippen LogP contribution in [0.25, 0.3) is 11.3 Å². The number of aryl methyl sites for hydroxylation is 1. The monoisotopic (exact) mass is 323 g/mol. The second-order valence-electron chi connectivity index (χ2n) is 6.27. The summed E-state index contributed by atoms with van der Waals surface area (Å²) < 4.78 is 0. The molecule has 5 nitrogen and oxygen atoms in total. The number of anilines is 1. The molecule has 1 aliphatic heterocycles. The third-order valence-corrected chi connectivity index (χ3v) is 4.38. The summed E-state index contributed by atoms with van der Waals surface area (Å²) in [5, 5.41) is 2.85. The van der Waals surface area contributed by atoms with Crippen molar-refractivity contribution in [1.82, 2.24) is 9.88 Å². The number of hydrogen-bond donors (Lipinski definition) is 1. The number of nitrogens with zero attached hydrogens (tertiary/aromatic N) is 2. The van der Waals surface area contributed by atoms with E-state index in [1.807, 2.05) is 43.3 Å². The Morgan fingerprint density at radius 1 is 1.21 bits per heavy atom. The largest absolute Gasteiger partial charge is 0.346 e. The molecule has 1 saturated heterocycles. The molecule has 0 saturated carbocycles. The molecule has 5 heteroatoms. The van der Waals surface area contributed by atoms with Crippen LogP contribution < -0.4 is 5.32 Å². The van der Waals surface area contributed by atoms with Gasteiger partial charge in [-0.05, 0) is 25.5 Å². The van der Waals surface area contributed by atoms with Crippen LogP contribution in [0.3, 0.4) is 0 Å². The van der Waals surface area contributed by atoms with Crippen LogP contribution in [0.4, 0.5) is 5.82 Å².